The van der Waals surface area contributed by atoms with E-state index in [0.29, 0.717) is 10.7 Å². The molecule has 138 valence electrons. The zero-order valence-electron chi connectivity index (χ0n) is 14.7. The number of thiazole rings is 1. The van der Waals surface area contributed by atoms with Gasteiger partial charge in [0.25, 0.3) is 5.91 Å². The van der Waals surface area contributed by atoms with Crippen LogP contribution in [0.2, 0.25) is 0 Å². The largest absolute Gasteiger partial charge is 0.298 e. The Hall–Kier alpha value is -2.29. The molecule has 0 saturated carbocycles. The summed E-state index contributed by atoms with van der Waals surface area (Å²) in [6.07, 6.45) is 3.03. The molecule has 0 spiro atoms. The van der Waals surface area contributed by atoms with Gasteiger partial charge in [-0.05, 0) is 38.1 Å². The number of hydrogen-bond acceptors (Lipinski definition) is 5. The number of hydrogen-bond donors (Lipinski definition) is 1. The van der Waals surface area contributed by atoms with E-state index in [1.54, 1.807) is 0 Å². The zero-order valence-corrected chi connectivity index (χ0v) is 16.4. The van der Waals surface area contributed by atoms with Crippen molar-refractivity contribution in [2.45, 2.75) is 18.7 Å². The van der Waals surface area contributed by atoms with Crippen LogP contribution in [0.4, 0.5) is 5.13 Å². The Morgan fingerprint density at radius 1 is 1.19 bits per heavy atom. The minimum absolute atomic E-state index is 0.110. The molecular weight excluding hydrogens is 370 g/mol. The van der Waals surface area contributed by atoms with Crippen LogP contribution in [0.25, 0.3) is 0 Å². The van der Waals surface area contributed by atoms with Crippen LogP contribution >= 0.6 is 11.3 Å². The molecule has 0 atom stereocenters. The summed E-state index contributed by atoms with van der Waals surface area (Å²) < 4.78 is 26.5. The molecule has 2 rings (SSSR count). The number of nitrogens with zero attached hydrogens (tertiary/aromatic N) is 2. The molecule has 0 aliphatic carbocycles. The molecule has 0 saturated heterocycles. The van der Waals surface area contributed by atoms with Crippen LogP contribution in [0, 0.1) is 13.8 Å². The Labute approximate surface area is 157 Å². The van der Waals surface area contributed by atoms with Gasteiger partial charge in [0.2, 0.25) is 10.0 Å². The van der Waals surface area contributed by atoms with E-state index in [0.717, 1.165) is 10.6 Å². The molecule has 1 N–H and O–H groups in total. The van der Waals surface area contributed by atoms with Gasteiger partial charge in [-0.15, -0.1) is 24.5 Å². The molecule has 2 aromatic rings. The van der Waals surface area contributed by atoms with Crippen molar-refractivity contribution in [1.82, 2.24) is 9.29 Å². The number of anilines is 1. The van der Waals surface area contributed by atoms with E-state index in [1.165, 1.54) is 52.1 Å². The number of aryl methyl sites for hydroxylation is 2. The van der Waals surface area contributed by atoms with Crippen LogP contribution in [0.15, 0.2) is 54.5 Å². The lowest BCUT2D eigenvalue weighted by atomic mass is 10.2. The van der Waals surface area contributed by atoms with Crippen LogP contribution in [0.5, 0.6) is 0 Å². The maximum atomic E-state index is 12.6. The Bertz CT molecular complexity index is 886. The van der Waals surface area contributed by atoms with E-state index < -0.39 is 10.0 Å². The van der Waals surface area contributed by atoms with E-state index in [-0.39, 0.29) is 23.9 Å². The normalized spacial score (nSPS) is 11.3. The first kappa shape index (κ1) is 20.0. The molecule has 0 aliphatic heterocycles. The van der Waals surface area contributed by atoms with E-state index in [2.05, 4.69) is 23.5 Å². The summed E-state index contributed by atoms with van der Waals surface area (Å²) in [7, 11) is -3.68. The van der Waals surface area contributed by atoms with Crippen LogP contribution in [0.1, 0.15) is 20.9 Å². The van der Waals surface area contributed by atoms with E-state index in [4.69, 9.17) is 0 Å². The van der Waals surface area contributed by atoms with Gasteiger partial charge >= 0.3 is 0 Å². The molecule has 0 radical (unpaired) electrons. The molecule has 8 heteroatoms. The lowest BCUT2D eigenvalue weighted by Gasteiger charge is -2.19. The molecule has 26 heavy (non-hydrogen) atoms. The standard InChI is InChI=1S/C18H21N3O3S2/c1-5-11-21(12-6-2)26(23,24)16-9-7-15(8-10-16)17(22)20-18-19-13(3)14(4)25-18/h5-10H,1-2,11-12H2,3-4H3,(H,19,20,22). The summed E-state index contributed by atoms with van der Waals surface area (Å²) in [6.45, 7) is 11.3. The van der Waals surface area contributed by atoms with Gasteiger partial charge in [-0.1, -0.05) is 12.2 Å². The van der Waals surface area contributed by atoms with Crippen molar-refractivity contribution < 1.29 is 13.2 Å². The van der Waals surface area contributed by atoms with Gasteiger partial charge in [-0.3, -0.25) is 10.1 Å². The van der Waals surface area contributed by atoms with E-state index in [9.17, 15) is 13.2 Å². The van der Waals surface area contributed by atoms with Crippen molar-refractivity contribution in [3.63, 3.8) is 0 Å². The van der Waals surface area contributed by atoms with Crippen LogP contribution < -0.4 is 5.32 Å². The zero-order chi connectivity index (χ0) is 19.3. The third kappa shape index (κ3) is 4.46. The number of carbonyl (C=O) groups excluding carboxylic acids is 1. The molecule has 6 nitrogen and oxygen atoms in total. The van der Waals surface area contributed by atoms with Gasteiger partial charge < -0.3 is 0 Å². The predicted octanol–water partition coefficient (Wildman–Crippen LogP) is 3.37. The Morgan fingerprint density at radius 2 is 1.77 bits per heavy atom. The minimum Gasteiger partial charge on any atom is -0.298 e. The summed E-state index contributed by atoms with van der Waals surface area (Å²) in [5.41, 5.74) is 1.23. The van der Waals surface area contributed by atoms with Crippen molar-refractivity contribution in [2.24, 2.45) is 0 Å². The maximum Gasteiger partial charge on any atom is 0.257 e. The fourth-order valence-electron chi connectivity index (χ4n) is 2.18. The summed E-state index contributed by atoms with van der Waals surface area (Å²) in [6, 6.07) is 5.80. The number of rotatable bonds is 8. The van der Waals surface area contributed by atoms with Gasteiger partial charge in [0.15, 0.2) is 5.13 Å². The Balaban J connectivity index is 2.19. The highest BCUT2D eigenvalue weighted by Crippen LogP contribution is 2.22. The molecule has 0 bridgehead atoms. The molecule has 1 amide bonds. The second kappa shape index (κ2) is 8.39. The van der Waals surface area contributed by atoms with Gasteiger partial charge in [0, 0.05) is 23.5 Å². The molecule has 0 unspecified atom stereocenters. The average Bonchev–Trinajstić information content (AvgIpc) is 2.92. The molecule has 0 aliphatic rings. The quantitative estimate of drug-likeness (QED) is 0.700. The molecule has 1 aromatic carbocycles. The third-order valence-corrected chi connectivity index (χ3v) is 6.50. The first-order valence-corrected chi connectivity index (χ1v) is 10.1. The lowest BCUT2D eigenvalue weighted by molar-refractivity contribution is 0.102. The van der Waals surface area contributed by atoms with Crippen molar-refractivity contribution in [3.05, 3.63) is 65.7 Å². The van der Waals surface area contributed by atoms with Gasteiger partial charge in [0.05, 0.1) is 10.6 Å². The number of aromatic nitrogens is 1. The van der Waals surface area contributed by atoms with Crippen molar-refractivity contribution in [1.29, 1.82) is 0 Å². The van der Waals surface area contributed by atoms with E-state index in [1.807, 2.05) is 13.8 Å². The number of nitrogens with one attached hydrogen (secondary N) is 1. The molecule has 0 fully saturated rings. The minimum atomic E-state index is -3.68. The number of carbonyl (C=O) groups is 1. The monoisotopic (exact) mass is 391 g/mol. The van der Waals surface area contributed by atoms with Crippen LogP contribution in [-0.4, -0.2) is 36.7 Å². The van der Waals surface area contributed by atoms with Crippen molar-refractivity contribution in [3.8, 4) is 0 Å². The molecule has 1 aromatic heterocycles. The highest BCUT2D eigenvalue weighted by Gasteiger charge is 2.22. The first-order valence-electron chi connectivity index (χ1n) is 7.87. The first-order chi connectivity index (χ1) is 12.3. The second-order valence-corrected chi connectivity index (χ2v) is 8.68. The fourth-order valence-corrected chi connectivity index (χ4v) is 4.37. The highest BCUT2D eigenvalue weighted by atomic mass is 32.2. The van der Waals surface area contributed by atoms with Crippen LogP contribution in [-0.2, 0) is 10.0 Å². The number of benzene rings is 1. The summed E-state index contributed by atoms with van der Waals surface area (Å²) in [5.74, 6) is -0.336. The van der Waals surface area contributed by atoms with Crippen molar-refractivity contribution in [2.75, 3.05) is 18.4 Å². The summed E-state index contributed by atoms with van der Waals surface area (Å²) in [4.78, 5) is 17.7. The number of sulfonamides is 1. The smallest absolute Gasteiger partial charge is 0.257 e. The average molecular weight is 392 g/mol. The molecule has 1 heterocycles. The lowest BCUT2D eigenvalue weighted by Crippen LogP contribution is -2.31. The summed E-state index contributed by atoms with van der Waals surface area (Å²) >= 11 is 1.40. The fraction of sp³-hybridized carbons (Fsp3) is 0.222. The predicted molar refractivity (Wildman–Crippen MR) is 105 cm³/mol. The SMILES string of the molecule is C=CCN(CC=C)S(=O)(=O)c1ccc(C(=O)Nc2nc(C)c(C)s2)cc1. The topological polar surface area (TPSA) is 79.4 Å². The molecular formula is C18H21N3O3S2. The Morgan fingerprint density at radius 3 is 2.23 bits per heavy atom. The van der Waals surface area contributed by atoms with Crippen LogP contribution in [0.3, 0.4) is 0 Å². The van der Waals surface area contributed by atoms with Gasteiger partial charge in [-0.25, -0.2) is 13.4 Å². The van der Waals surface area contributed by atoms with Gasteiger partial charge in [0.1, 0.15) is 0 Å². The summed E-state index contributed by atoms with van der Waals surface area (Å²) in [5, 5.41) is 3.24. The Kier molecular flexibility index (Phi) is 6.47. The van der Waals surface area contributed by atoms with Crippen molar-refractivity contribution >= 4 is 32.4 Å². The number of amides is 1. The van der Waals surface area contributed by atoms with Gasteiger partial charge in [-0.2, -0.15) is 4.31 Å². The van der Waals surface area contributed by atoms with E-state index >= 15 is 0 Å². The second-order valence-electron chi connectivity index (χ2n) is 5.54. The third-order valence-electron chi connectivity index (χ3n) is 3.67. The highest BCUT2D eigenvalue weighted by molar-refractivity contribution is 7.89. The maximum absolute atomic E-state index is 12.6.